The summed E-state index contributed by atoms with van der Waals surface area (Å²) in [7, 11) is 0. The summed E-state index contributed by atoms with van der Waals surface area (Å²) >= 11 is 0. The predicted molar refractivity (Wildman–Crippen MR) is 63.7 cm³/mol. The molecule has 1 heterocycles. The Morgan fingerprint density at radius 2 is 2.33 bits per heavy atom. The maximum absolute atomic E-state index is 11.4. The van der Waals surface area contributed by atoms with Gasteiger partial charge in [0.05, 0.1) is 0 Å². The molecule has 0 aromatic carbocycles. The summed E-state index contributed by atoms with van der Waals surface area (Å²) in [5.41, 5.74) is 0.0340. The average Bonchev–Trinajstić information content (AvgIpc) is 2.18. The molecule has 0 aromatic heterocycles. The van der Waals surface area contributed by atoms with Crippen LogP contribution in [0.3, 0.4) is 0 Å². The molecule has 0 spiro atoms. The van der Waals surface area contributed by atoms with E-state index in [0.29, 0.717) is 6.42 Å². The molecule has 2 heteroatoms. The molecule has 15 heavy (non-hydrogen) atoms. The molecule has 1 rings (SSSR count). The summed E-state index contributed by atoms with van der Waals surface area (Å²) in [5, 5.41) is 3.18. The largest absolute Gasteiger partial charge is 0.350 e. The monoisotopic (exact) mass is 209 g/mol. The minimum Gasteiger partial charge on any atom is -0.350 e. The summed E-state index contributed by atoms with van der Waals surface area (Å²) in [6.45, 7) is 6.01. The first kappa shape index (κ1) is 12.3. The maximum atomic E-state index is 11.4. The fourth-order valence-corrected chi connectivity index (χ4v) is 2.44. The molecule has 1 amide bonds. The Hall–Kier alpha value is -0.790. The number of nitrogens with one attached hydrogen (secondary N) is 1. The van der Waals surface area contributed by atoms with Gasteiger partial charge < -0.3 is 5.32 Å². The van der Waals surface area contributed by atoms with Crippen molar-refractivity contribution in [3.05, 3.63) is 12.7 Å². The van der Waals surface area contributed by atoms with Crippen LogP contribution in [0.25, 0.3) is 0 Å². The zero-order valence-electron chi connectivity index (χ0n) is 9.85. The lowest BCUT2D eigenvalue weighted by molar-refractivity contribution is -0.125. The van der Waals surface area contributed by atoms with Gasteiger partial charge in [-0.3, -0.25) is 4.79 Å². The van der Waals surface area contributed by atoms with Gasteiger partial charge in [-0.15, -0.1) is 6.58 Å². The molecule has 0 radical (unpaired) electrons. The van der Waals surface area contributed by atoms with E-state index in [1.54, 1.807) is 0 Å². The molecule has 0 aliphatic carbocycles. The highest BCUT2D eigenvalue weighted by molar-refractivity contribution is 5.77. The van der Waals surface area contributed by atoms with Crippen LogP contribution in [0.5, 0.6) is 0 Å². The van der Waals surface area contributed by atoms with Gasteiger partial charge >= 0.3 is 0 Å². The van der Waals surface area contributed by atoms with Crippen LogP contribution in [0.2, 0.25) is 0 Å². The third-order valence-corrected chi connectivity index (χ3v) is 3.26. The molecule has 1 N–H and O–H groups in total. The fourth-order valence-electron chi connectivity index (χ4n) is 2.44. The zero-order chi connectivity index (χ0) is 11.1. The van der Waals surface area contributed by atoms with Gasteiger partial charge in [-0.25, -0.2) is 0 Å². The Kier molecular flexibility index (Phi) is 4.86. The van der Waals surface area contributed by atoms with Gasteiger partial charge in [0.1, 0.15) is 0 Å². The minimum atomic E-state index is 0.0340. The quantitative estimate of drug-likeness (QED) is 0.528. The van der Waals surface area contributed by atoms with Gasteiger partial charge in [0.25, 0.3) is 0 Å². The average molecular weight is 209 g/mol. The van der Waals surface area contributed by atoms with Crippen LogP contribution in [-0.4, -0.2) is 11.4 Å². The maximum Gasteiger partial charge on any atom is 0.220 e. The third-order valence-electron chi connectivity index (χ3n) is 3.26. The van der Waals surface area contributed by atoms with Crippen molar-refractivity contribution in [2.45, 2.75) is 63.8 Å². The second kappa shape index (κ2) is 5.94. The van der Waals surface area contributed by atoms with Crippen molar-refractivity contribution in [3.8, 4) is 0 Å². The van der Waals surface area contributed by atoms with Crippen LogP contribution in [0, 0.1) is 0 Å². The number of piperidine rings is 1. The van der Waals surface area contributed by atoms with E-state index in [9.17, 15) is 4.79 Å². The molecular weight excluding hydrogens is 186 g/mol. The molecule has 1 saturated heterocycles. The molecule has 2 nitrogen and oxygen atoms in total. The van der Waals surface area contributed by atoms with E-state index in [2.05, 4.69) is 18.8 Å². The summed E-state index contributed by atoms with van der Waals surface area (Å²) in [4.78, 5) is 11.4. The van der Waals surface area contributed by atoms with E-state index in [-0.39, 0.29) is 11.4 Å². The lowest BCUT2D eigenvalue weighted by atomic mass is 9.81. The number of carbonyl (C=O) groups is 1. The van der Waals surface area contributed by atoms with E-state index in [0.717, 1.165) is 25.7 Å². The highest BCUT2D eigenvalue weighted by atomic mass is 16.1. The van der Waals surface area contributed by atoms with Crippen molar-refractivity contribution >= 4 is 5.91 Å². The normalized spacial score (nSPS) is 26.1. The molecule has 1 unspecified atom stereocenters. The number of hydrogen-bond acceptors (Lipinski definition) is 1. The van der Waals surface area contributed by atoms with E-state index in [4.69, 9.17) is 0 Å². The van der Waals surface area contributed by atoms with Gasteiger partial charge in [0.15, 0.2) is 0 Å². The Morgan fingerprint density at radius 1 is 1.53 bits per heavy atom. The molecule has 86 valence electrons. The van der Waals surface area contributed by atoms with Crippen molar-refractivity contribution < 1.29 is 4.79 Å². The molecule has 0 saturated carbocycles. The predicted octanol–water partition coefficient (Wildman–Crippen LogP) is 3.18. The molecular formula is C13H23NO. The second-order valence-electron chi connectivity index (χ2n) is 4.63. The van der Waals surface area contributed by atoms with Gasteiger partial charge in [-0.2, -0.15) is 0 Å². The first-order valence-electron chi connectivity index (χ1n) is 6.14. The van der Waals surface area contributed by atoms with Crippen LogP contribution in [0.15, 0.2) is 12.7 Å². The van der Waals surface area contributed by atoms with E-state index < -0.39 is 0 Å². The lowest BCUT2D eigenvalue weighted by Gasteiger charge is -2.37. The molecule has 1 aliphatic rings. The summed E-state index contributed by atoms with van der Waals surface area (Å²) in [5.74, 6) is 0.222. The number of hydrogen-bond donors (Lipinski definition) is 1. The van der Waals surface area contributed by atoms with Crippen LogP contribution < -0.4 is 5.32 Å². The van der Waals surface area contributed by atoms with E-state index in [1.165, 1.54) is 19.3 Å². The Labute approximate surface area is 93.1 Å². The zero-order valence-corrected chi connectivity index (χ0v) is 9.85. The van der Waals surface area contributed by atoms with E-state index in [1.807, 2.05) is 6.08 Å². The molecule has 1 atom stereocenters. The van der Waals surface area contributed by atoms with Gasteiger partial charge in [0.2, 0.25) is 5.91 Å². The van der Waals surface area contributed by atoms with Crippen molar-refractivity contribution in [2.24, 2.45) is 0 Å². The molecule has 1 aliphatic heterocycles. The SMILES string of the molecule is C=CCC1(CCCCC)CCCC(=O)N1. The summed E-state index contributed by atoms with van der Waals surface area (Å²) < 4.78 is 0. The summed E-state index contributed by atoms with van der Waals surface area (Å²) in [6.07, 6.45) is 10.5. The van der Waals surface area contributed by atoms with Crippen LogP contribution in [-0.2, 0) is 4.79 Å². The third kappa shape index (κ3) is 3.69. The minimum absolute atomic E-state index is 0.0340. The smallest absolute Gasteiger partial charge is 0.220 e. The molecule has 0 bridgehead atoms. The van der Waals surface area contributed by atoms with Crippen molar-refractivity contribution in [1.29, 1.82) is 0 Å². The number of rotatable bonds is 6. The second-order valence-corrected chi connectivity index (χ2v) is 4.63. The lowest BCUT2D eigenvalue weighted by Crippen LogP contribution is -2.51. The number of unbranched alkanes of at least 4 members (excludes halogenated alkanes) is 2. The fraction of sp³-hybridized carbons (Fsp3) is 0.769. The van der Waals surface area contributed by atoms with Gasteiger partial charge in [-0.1, -0.05) is 32.3 Å². The molecule has 1 fully saturated rings. The first-order valence-corrected chi connectivity index (χ1v) is 6.14. The summed E-state index contributed by atoms with van der Waals surface area (Å²) in [6, 6.07) is 0. The van der Waals surface area contributed by atoms with Gasteiger partial charge in [-0.05, 0) is 25.7 Å². The van der Waals surface area contributed by atoms with E-state index >= 15 is 0 Å². The number of amides is 1. The Balaban J connectivity index is 2.51. The van der Waals surface area contributed by atoms with Crippen molar-refractivity contribution in [1.82, 2.24) is 5.32 Å². The first-order chi connectivity index (χ1) is 7.22. The van der Waals surface area contributed by atoms with Crippen molar-refractivity contribution in [2.75, 3.05) is 0 Å². The van der Waals surface area contributed by atoms with Crippen molar-refractivity contribution in [3.63, 3.8) is 0 Å². The molecule has 0 aromatic rings. The Bertz CT molecular complexity index is 225. The van der Waals surface area contributed by atoms with Crippen LogP contribution in [0.4, 0.5) is 0 Å². The Morgan fingerprint density at radius 3 is 2.93 bits per heavy atom. The highest BCUT2D eigenvalue weighted by Gasteiger charge is 2.32. The van der Waals surface area contributed by atoms with Gasteiger partial charge in [0, 0.05) is 12.0 Å². The topological polar surface area (TPSA) is 29.1 Å². The van der Waals surface area contributed by atoms with Crippen LogP contribution >= 0.6 is 0 Å². The standard InChI is InChI=1S/C13H23NO/c1-3-5-6-10-13(9-4-2)11-7-8-12(15)14-13/h4H,2-3,5-11H2,1H3,(H,14,15). The highest BCUT2D eigenvalue weighted by Crippen LogP contribution is 2.29. The number of carbonyl (C=O) groups excluding carboxylic acids is 1. The van der Waals surface area contributed by atoms with Crippen LogP contribution in [0.1, 0.15) is 58.3 Å².